The molecular formula is C10H22N2O. The third-order valence-corrected chi connectivity index (χ3v) is 3.06. The zero-order chi connectivity index (χ0) is 9.84. The quantitative estimate of drug-likeness (QED) is 0.669. The topological polar surface area (TPSA) is 35.5 Å². The molecule has 0 bridgehead atoms. The van der Waals surface area contributed by atoms with Gasteiger partial charge >= 0.3 is 0 Å². The summed E-state index contributed by atoms with van der Waals surface area (Å²) in [6.07, 6.45) is 2.32. The van der Waals surface area contributed by atoms with Gasteiger partial charge in [-0.1, -0.05) is 0 Å². The molecule has 0 amide bonds. The number of nitrogens with one attached hydrogen (secondary N) is 1. The van der Waals surface area contributed by atoms with Crippen LogP contribution in [-0.4, -0.2) is 48.3 Å². The molecule has 1 heterocycles. The SMILES string of the molecule is CC(O)C(C)N(C)CC1CCCN1. The summed E-state index contributed by atoms with van der Waals surface area (Å²) in [4.78, 5) is 2.23. The maximum Gasteiger partial charge on any atom is 0.0664 e. The standard InChI is InChI=1S/C10H22N2O/c1-8(9(2)13)12(3)7-10-5-4-6-11-10/h8-11,13H,4-7H2,1-3H3. The van der Waals surface area contributed by atoms with Crippen molar-refractivity contribution in [1.82, 2.24) is 10.2 Å². The Bertz CT molecular complexity index is 144. The zero-order valence-corrected chi connectivity index (χ0v) is 8.95. The summed E-state index contributed by atoms with van der Waals surface area (Å²) in [5, 5.41) is 12.9. The summed E-state index contributed by atoms with van der Waals surface area (Å²) in [5.41, 5.74) is 0. The van der Waals surface area contributed by atoms with Gasteiger partial charge in [0.15, 0.2) is 0 Å². The molecule has 0 aromatic rings. The molecule has 2 N–H and O–H groups in total. The van der Waals surface area contributed by atoms with E-state index < -0.39 is 0 Å². The van der Waals surface area contributed by atoms with Crippen LogP contribution >= 0.6 is 0 Å². The highest BCUT2D eigenvalue weighted by atomic mass is 16.3. The van der Waals surface area contributed by atoms with Gasteiger partial charge in [0.1, 0.15) is 0 Å². The second kappa shape index (κ2) is 4.94. The molecule has 1 fully saturated rings. The van der Waals surface area contributed by atoms with Gasteiger partial charge < -0.3 is 10.4 Å². The fraction of sp³-hybridized carbons (Fsp3) is 1.00. The first-order valence-corrected chi connectivity index (χ1v) is 5.23. The van der Waals surface area contributed by atoms with E-state index in [1.54, 1.807) is 0 Å². The van der Waals surface area contributed by atoms with Gasteiger partial charge in [0.2, 0.25) is 0 Å². The molecule has 1 aliphatic rings. The van der Waals surface area contributed by atoms with Crippen LogP contribution in [0, 0.1) is 0 Å². The summed E-state index contributed by atoms with van der Waals surface area (Å²) >= 11 is 0. The molecule has 0 aliphatic carbocycles. The Morgan fingerprint density at radius 2 is 2.23 bits per heavy atom. The van der Waals surface area contributed by atoms with Crippen LogP contribution in [0.25, 0.3) is 0 Å². The van der Waals surface area contributed by atoms with Gasteiger partial charge in [-0.2, -0.15) is 0 Å². The van der Waals surface area contributed by atoms with Gasteiger partial charge in [-0.25, -0.2) is 0 Å². The van der Waals surface area contributed by atoms with Crippen molar-refractivity contribution in [2.45, 2.75) is 44.9 Å². The Balaban J connectivity index is 2.26. The molecule has 1 saturated heterocycles. The lowest BCUT2D eigenvalue weighted by molar-refractivity contribution is 0.0822. The second-order valence-corrected chi connectivity index (χ2v) is 4.21. The predicted molar refractivity (Wildman–Crippen MR) is 54.8 cm³/mol. The summed E-state index contributed by atoms with van der Waals surface area (Å²) in [6, 6.07) is 0.883. The molecule has 3 nitrogen and oxygen atoms in total. The van der Waals surface area contributed by atoms with E-state index in [0.717, 1.165) is 13.1 Å². The monoisotopic (exact) mass is 186 g/mol. The largest absolute Gasteiger partial charge is 0.392 e. The third kappa shape index (κ3) is 3.25. The maximum absolute atomic E-state index is 9.40. The number of likely N-dealkylation sites (N-methyl/N-ethyl adjacent to an activating group) is 1. The zero-order valence-electron chi connectivity index (χ0n) is 8.95. The summed E-state index contributed by atoms with van der Waals surface area (Å²) < 4.78 is 0. The first-order chi connectivity index (χ1) is 6.11. The molecule has 78 valence electrons. The second-order valence-electron chi connectivity index (χ2n) is 4.21. The first-order valence-electron chi connectivity index (χ1n) is 5.23. The van der Waals surface area contributed by atoms with E-state index in [0.29, 0.717) is 6.04 Å². The number of hydrogen-bond donors (Lipinski definition) is 2. The van der Waals surface area contributed by atoms with E-state index in [9.17, 15) is 5.11 Å². The number of nitrogens with zero attached hydrogens (tertiary/aromatic N) is 1. The van der Waals surface area contributed by atoms with Gasteiger partial charge in [-0.05, 0) is 40.3 Å². The molecule has 13 heavy (non-hydrogen) atoms. The minimum atomic E-state index is -0.244. The molecule has 0 saturated carbocycles. The fourth-order valence-electron chi connectivity index (χ4n) is 1.79. The van der Waals surface area contributed by atoms with E-state index in [2.05, 4.69) is 24.2 Å². The summed E-state index contributed by atoms with van der Waals surface area (Å²) in [7, 11) is 2.08. The van der Waals surface area contributed by atoms with Crippen molar-refractivity contribution in [3.63, 3.8) is 0 Å². The first kappa shape index (κ1) is 11.0. The van der Waals surface area contributed by atoms with Gasteiger partial charge in [0.25, 0.3) is 0 Å². The van der Waals surface area contributed by atoms with Crippen LogP contribution in [0.5, 0.6) is 0 Å². The Morgan fingerprint density at radius 3 is 2.69 bits per heavy atom. The molecular weight excluding hydrogens is 164 g/mol. The van der Waals surface area contributed by atoms with Crippen LogP contribution in [0.2, 0.25) is 0 Å². The Kier molecular flexibility index (Phi) is 4.16. The molecule has 0 radical (unpaired) electrons. The van der Waals surface area contributed by atoms with Crippen molar-refractivity contribution in [1.29, 1.82) is 0 Å². The van der Waals surface area contributed by atoms with Crippen LogP contribution in [0.15, 0.2) is 0 Å². The number of rotatable bonds is 4. The van der Waals surface area contributed by atoms with Crippen molar-refractivity contribution in [2.75, 3.05) is 20.1 Å². The van der Waals surface area contributed by atoms with Crippen molar-refractivity contribution in [2.24, 2.45) is 0 Å². The van der Waals surface area contributed by atoms with E-state index in [1.807, 2.05) is 6.92 Å². The number of aliphatic hydroxyl groups is 1. The number of aliphatic hydroxyl groups excluding tert-OH is 1. The van der Waals surface area contributed by atoms with Crippen molar-refractivity contribution >= 4 is 0 Å². The Morgan fingerprint density at radius 1 is 1.54 bits per heavy atom. The van der Waals surface area contributed by atoms with Crippen LogP contribution < -0.4 is 5.32 Å². The lowest BCUT2D eigenvalue weighted by Crippen LogP contribution is -2.44. The van der Waals surface area contributed by atoms with Gasteiger partial charge in [-0.3, -0.25) is 4.90 Å². The minimum absolute atomic E-state index is 0.244. The molecule has 3 heteroatoms. The summed E-state index contributed by atoms with van der Waals surface area (Å²) in [6.45, 7) is 6.12. The van der Waals surface area contributed by atoms with E-state index in [-0.39, 0.29) is 12.1 Å². The molecule has 0 aromatic heterocycles. The highest BCUT2D eigenvalue weighted by molar-refractivity contribution is 4.79. The highest BCUT2D eigenvalue weighted by Gasteiger charge is 2.20. The average Bonchev–Trinajstić information content (AvgIpc) is 2.55. The molecule has 0 aromatic carbocycles. The van der Waals surface area contributed by atoms with E-state index in [4.69, 9.17) is 0 Å². The van der Waals surface area contributed by atoms with Crippen LogP contribution in [0.3, 0.4) is 0 Å². The normalized spacial score (nSPS) is 27.9. The van der Waals surface area contributed by atoms with Gasteiger partial charge in [0.05, 0.1) is 6.10 Å². The molecule has 3 unspecified atom stereocenters. The molecule has 1 rings (SSSR count). The average molecular weight is 186 g/mol. The van der Waals surface area contributed by atoms with Crippen LogP contribution in [-0.2, 0) is 0 Å². The maximum atomic E-state index is 9.40. The molecule has 0 spiro atoms. The van der Waals surface area contributed by atoms with Crippen molar-refractivity contribution in [3.05, 3.63) is 0 Å². The highest BCUT2D eigenvalue weighted by Crippen LogP contribution is 2.09. The van der Waals surface area contributed by atoms with Crippen molar-refractivity contribution in [3.8, 4) is 0 Å². The van der Waals surface area contributed by atoms with Gasteiger partial charge in [-0.15, -0.1) is 0 Å². The minimum Gasteiger partial charge on any atom is -0.392 e. The lowest BCUT2D eigenvalue weighted by Gasteiger charge is -2.29. The number of hydrogen-bond acceptors (Lipinski definition) is 3. The van der Waals surface area contributed by atoms with Gasteiger partial charge in [0, 0.05) is 18.6 Å². The third-order valence-electron chi connectivity index (χ3n) is 3.06. The smallest absolute Gasteiger partial charge is 0.0664 e. The Labute approximate surface area is 81.1 Å². The summed E-state index contributed by atoms with van der Waals surface area (Å²) in [5.74, 6) is 0. The molecule has 1 aliphatic heterocycles. The van der Waals surface area contributed by atoms with Crippen LogP contribution in [0.4, 0.5) is 0 Å². The lowest BCUT2D eigenvalue weighted by atomic mass is 10.1. The molecule has 3 atom stereocenters. The van der Waals surface area contributed by atoms with E-state index >= 15 is 0 Å². The fourth-order valence-corrected chi connectivity index (χ4v) is 1.79. The van der Waals surface area contributed by atoms with Crippen molar-refractivity contribution < 1.29 is 5.11 Å². The Hall–Kier alpha value is -0.120. The van der Waals surface area contributed by atoms with E-state index in [1.165, 1.54) is 12.8 Å². The predicted octanol–water partition coefficient (Wildman–Crippen LogP) is 0.439. The van der Waals surface area contributed by atoms with Crippen LogP contribution in [0.1, 0.15) is 26.7 Å².